The molecule has 72 valence electrons. The molecule has 0 atom stereocenters. The highest BCUT2D eigenvalue weighted by Gasteiger charge is 1.96. The van der Waals surface area contributed by atoms with Gasteiger partial charge in [-0.05, 0) is 18.6 Å². The maximum Gasteiger partial charge on any atom is 0.0518 e. The number of halogens is 1. The molecule has 0 aliphatic heterocycles. The van der Waals surface area contributed by atoms with Gasteiger partial charge in [0.15, 0.2) is 0 Å². The van der Waals surface area contributed by atoms with E-state index < -0.39 is 0 Å². The average molecular weight is 200 g/mol. The second-order valence-corrected chi connectivity index (χ2v) is 3.22. The molecule has 1 heterocycles. The Balaban J connectivity index is 2.32. The fourth-order valence-electron chi connectivity index (χ4n) is 1.00. The highest BCUT2D eigenvalue weighted by atomic mass is 35.5. The van der Waals surface area contributed by atoms with Crippen LogP contribution in [0.15, 0.2) is 23.4 Å². The van der Waals surface area contributed by atoms with Crippen LogP contribution in [-0.4, -0.2) is 16.3 Å². The van der Waals surface area contributed by atoms with Gasteiger partial charge in [-0.2, -0.15) is 5.10 Å². The van der Waals surface area contributed by atoms with Crippen molar-refractivity contribution in [2.75, 3.05) is 6.54 Å². The monoisotopic (exact) mass is 199 g/mol. The largest absolute Gasteiger partial charge is 0.307 e. The lowest BCUT2D eigenvalue weighted by Crippen LogP contribution is -2.17. The van der Waals surface area contributed by atoms with Crippen LogP contribution in [0.2, 0.25) is 0 Å². The second kappa shape index (κ2) is 5.04. The number of nitrogens with one attached hydrogen (secondary N) is 1. The minimum atomic E-state index is 0.814. The van der Waals surface area contributed by atoms with Crippen LogP contribution in [0.4, 0.5) is 0 Å². The van der Waals surface area contributed by atoms with Crippen LogP contribution in [0.5, 0.6) is 0 Å². The summed E-state index contributed by atoms with van der Waals surface area (Å²) in [5, 5.41) is 7.34. The molecule has 0 bridgehead atoms. The molecule has 0 aliphatic rings. The summed E-state index contributed by atoms with van der Waals surface area (Å²) < 4.78 is 1.85. The zero-order valence-electron chi connectivity index (χ0n) is 7.92. The standard InChI is InChI=1S/C9H14ClN3/c1-8(5-10)6-11-7-9-3-4-12-13(9)2/h3-5,11H,6-7H2,1-2H3. The molecule has 1 rings (SSSR count). The minimum absolute atomic E-state index is 0.814. The lowest BCUT2D eigenvalue weighted by Gasteiger charge is -2.04. The molecule has 1 N–H and O–H groups in total. The Hall–Kier alpha value is -0.800. The van der Waals surface area contributed by atoms with Gasteiger partial charge in [-0.25, -0.2) is 0 Å². The normalized spacial score (nSPS) is 12.1. The van der Waals surface area contributed by atoms with Crippen LogP contribution >= 0.6 is 11.6 Å². The van der Waals surface area contributed by atoms with Gasteiger partial charge in [-0.1, -0.05) is 11.6 Å². The Labute approximate surface area is 83.4 Å². The van der Waals surface area contributed by atoms with Crippen LogP contribution in [0.1, 0.15) is 12.6 Å². The van der Waals surface area contributed by atoms with Crippen molar-refractivity contribution >= 4 is 11.6 Å². The number of rotatable bonds is 4. The minimum Gasteiger partial charge on any atom is -0.307 e. The predicted octanol–water partition coefficient (Wildman–Crippen LogP) is 1.65. The highest BCUT2D eigenvalue weighted by Crippen LogP contribution is 1.97. The van der Waals surface area contributed by atoms with Gasteiger partial charge in [0.25, 0.3) is 0 Å². The summed E-state index contributed by atoms with van der Waals surface area (Å²) in [5.41, 5.74) is 3.89. The van der Waals surface area contributed by atoms with Crippen LogP contribution < -0.4 is 5.32 Å². The molecule has 0 fully saturated rings. The zero-order valence-corrected chi connectivity index (χ0v) is 8.67. The Morgan fingerprint density at radius 3 is 3.08 bits per heavy atom. The fraction of sp³-hybridized carbons (Fsp3) is 0.444. The Morgan fingerprint density at radius 1 is 1.77 bits per heavy atom. The van der Waals surface area contributed by atoms with E-state index in [2.05, 4.69) is 10.4 Å². The van der Waals surface area contributed by atoms with Crippen molar-refractivity contribution in [2.45, 2.75) is 13.5 Å². The summed E-state index contributed by atoms with van der Waals surface area (Å²) in [5.74, 6) is 0. The average Bonchev–Trinajstić information content (AvgIpc) is 2.52. The first kappa shape index (κ1) is 10.3. The van der Waals surface area contributed by atoms with Gasteiger partial charge < -0.3 is 5.32 Å². The van der Waals surface area contributed by atoms with E-state index in [-0.39, 0.29) is 0 Å². The fourth-order valence-corrected chi connectivity index (χ4v) is 1.08. The van der Waals surface area contributed by atoms with Gasteiger partial charge in [0.05, 0.1) is 5.69 Å². The molecular weight excluding hydrogens is 186 g/mol. The van der Waals surface area contributed by atoms with Crippen molar-refractivity contribution in [3.63, 3.8) is 0 Å². The van der Waals surface area contributed by atoms with Crippen LogP contribution in [0.25, 0.3) is 0 Å². The van der Waals surface area contributed by atoms with E-state index in [0.717, 1.165) is 18.7 Å². The Bertz CT molecular complexity index is 291. The first-order chi connectivity index (χ1) is 6.24. The SMILES string of the molecule is CC(=CCl)CNCc1ccnn1C. The van der Waals surface area contributed by atoms with E-state index in [1.807, 2.05) is 24.7 Å². The third-order valence-electron chi connectivity index (χ3n) is 1.82. The summed E-state index contributed by atoms with van der Waals surface area (Å²) in [6, 6.07) is 1.99. The molecule has 0 amide bonds. The lowest BCUT2D eigenvalue weighted by atomic mass is 10.3. The Kier molecular flexibility index (Phi) is 3.99. The maximum atomic E-state index is 5.52. The van der Waals surface area contributed by atoms with E-state index >= 15 is 0 Å². The third-order valence-corrected chi connectivity index (χ3v) is 2.19. The molecular formula is C9H14ClN3. The zero-order chi connectivity index (χ0) is 9.68. The van der Waals surface area contributed by atoms with E-state index in [0.29, 0.717) is 0 Å². The molecule has 0 unspecified atom stereocenters. The van der Waals surface area contributed by atoms with Crippen molar-refractivity contribution < 1.29 is 0 Å². The predicted molar refractivity (Wildman–Crippen MR) is 54.5 cm³/mol. The molecule has 1 aromatic heterocycles. The molecule has 1 aromatic rings. The first-order valence-electron chi connectivity index (χ1n) is 4.17. The van der Waals surface area contributed by atoms with Crippen molar-refractivity contribution in [3.8, 4) is 0 Å². The molecule has 13 heavy (non-hydrogen) atoms. The van der Waals surface area contributed by atoms with Crippen LogP contribution in [-0.2, 0) is 13.6 Å². The van der Waals surface area contributed by atoms with Gasteiger partial charge in [0.2, 0.25) is 0 Å². The summed E-state index contributed by atoms with van der Waals surface area (Å²) in [6.07, 6.45) is 1.79. The van der Waals surface area contributed by atoms with Crippen LogP contribution in [0, 0.1) is 0 Å². The smallest absolute Gasteiger partial charge is 0.0518 e. The molecule has 0 saturated carbocycles. The summed E-state index contributed by atoms with van der Waals surface area (Å²) >= 11 is 5.52. The van der Waals surface area contributed by atoms with Crippen molar-refractivity contribution in [1.82, 2.24) is 15.1 Å². The quantitative estimate of drug-likeness (QED) is 0.800. The van der Waals surface area contributed by atoms with Gasteiger partial charge in [-0.3, -0.25) is 4.68 Å². The topological polar surface area (TPSA) is 29.9 Å². The van der Waals surface area contributed by atoms with E-state index in [1.165, 1.54) is 5.69 Å². The van der Waals surface area contributed by atoms with Gasteiger partial charge >= 0.3 is 0 Å². The lowest BCUT2D eigenvalue weighted by molar-refractivity contribution is 0.648. The van der Waals surface area contributed by atoms with Gasteiger partial charge in [-0.15, -0.1) is 0 Å². The number of aromatic nitrogens is 2. The van der Waals surface area contributed by atoms with E-state index in [4.69, 9.17) is 11.6 Å². The number of aryl methyl sites for hydroxylation is 1. The molecule has 0 radical (unpaired) electrons. The first-order valence-corrected chi connectivity index (χ1v) is 4.61. The Morgan fingerprint density at radius 2 is 2.54 bits per heavy atom. The molecule has 0 spiro atoms. The van der Waals surface area contributed by atoms with Crippen molar-refractivity contribution in [3.05, 3.63) is 29.1 Å². The van der Waals surface area contributed by atoms with Crippen LogP contribution in [0.3, 0.4) is 0 Å². The molecule has 0 aromatic carbocycles. The molecule has 0 aliphatic carbocycles. The number of hydrogen-bond acceptors (Lipinski definition) is 2. The molecule has 0 saturated heterocycles. The highest BCUT2D eigenvalue weighted by molar-refractivity contribution is 6.25. The number of nitrogens with zero attached hydrogens (tertiary/aromatic N) is 2. The summed E-state index contributed by atoms with van der Waals surface area (Å²) in [6.45, 7) is 3.62. The number of hydrogen-bond donors (Lipinski definition) is 1. The van der Waals surface area contributed by atoms with E-state index in [1.54, 1.807) is 11.7 Å². The molecule has 4 heteroatoms. The second-order valence-electron chi connectivity index (χ2n) is 3.01. The van der Waals surface area contributed by atoms with Gasteiger partial charge in [0.1, 0.15) is 0 Å². The summed E-state index contributed by atoms with van der Waals surface area (Å²) in [7, 11) is 1.93. The van der Waals surface area contributed by atoms with Crippen molar-refractivity contribution in [1.29, 1.82) is 0 Å². The van der Waals surface area contributed by atoms with Gasteiger partial charge in [0, 0.05) is 31.9 Å². The molecule has 3 nitrogen and oxygen atoms in total. The summed E-state index contributed by atoms with van der Waals surface area (Å²) in [4.78, 5) is 0. The maximum absolute atomic E-state index is 5.52. The third kappa shape index (κ3) is 3.20. The van der Waals surface area contributed by atoms with Crippen molar-refractivity contribution in [2.24, 2.45) is 7.05 Å². The van der Waals surface area contributed by atoms with E-state index in [9.17, 15) is 0 Å².